The molecule has 6 nitrogen and oxygen atoms in total. The molecule has 7 heteroatoms. The Labute approximate surface area is 157 Å². The molecule has 1 N–H and O–H groups in total. The van der Waals surface area contributed by atoms with Gasteiger partial charge < -0.3 is 9.80 Å². The van der Waals surface area contributed by atoms with Crippen LogP contribution >= 0.6 is 11.6 Å². The van der Waals surface area contributed by atoms with Crippen LogP contribution in [0.2, 0.25) is 5.02 Å². The molecule has 0 bridgehead atoms. The van der Waals surface area contributed by atoms with Gasteiger partial charge in [-0.25, -0.2) is 9.67 Å². The summed E-state index contributed by atoms with van der Waals surface area (Å²) in [6, 6.07) is 9.79. The van der Waals surface area contributed by atoms with Gasteiger partial charge in [0.15, 0.2) is 5.65 Å². The summed E-state index contributed by atoms with van der Waals surface area (Å²) in [5.41, 5.74) is 2.79. The van der Waals surface area contributed by atoms with Crippen molar-refractivity contribution in [3.05, 3.63) is 52.8 Å². The van der Waals surface area contributed by atoms with E-state index in [1.54, 1.807) is 10.9 Å². The second-order valence-corrected chi connectivity index (χ2v) is 7.14. The number of nitrogens with zero attached hydrogens (tertiary/aromatic N) is 4. The Balaban J connectivity index is 1.76. The summed E-state index contributed by atoms with van der Waals surface area (Å²) >= 11 is 6.64. The van der Waals surface area contributed by atoms with E-state index in [-0.39, 0.29) is 5.91 Å². The van der Waals surface area contributed by atoms with E-state index in [0.717, 1.165) is 42.9 Å². The van der Waals surface area contributed by atoms with Crippen LogP contribution in [0.1, 0.15) is 16.1 Å². The van der Waals surface area contributed by atoms with Gasteiger partial charge in [0.2, 0.25) is 0 Å². The summed E-state index contributed by atoms with van der Waals surface area (Å²) < 4.78 is 1.77. The fourth-order valence-corrected chi connectivity index (χ4v) is 3.72. The van der Waals surface area contributed by atoms with Crippen molar-refractivity contribution in [2.75, 3.05) is 33.2 Å². The van der Waals surface area contributed by atoms with E-state index < -0.39 is 0 Å². The molecular weight excluding hydrogens is 350 g/mol. The second kappa shape index (κ2) is 6.70. The fourth-order valence-electron chi connectivity index (χ4n) is 3.37. The van der Waals surface area contributed by atoms with E-state index in [1.165, 1.54) is 4.90 Å². The number of hydrogen-bond donors (Lipinski definition) is 1. The minimum absolute atomic E-state index is 0.0521. The Hall–Kier alpha value is -2.44. The lowest BCUT2D eigenvalue weighted by Gasteiger charge is -2.30. The smallest absolute Gasteiger partial charge is 0.257 e. The molecule has 1 aliphatic rings. The predicted octanol–water partition coefficient (Wildman–Crippen LogP) is 1.35. The van der Waals surface area contributed by atoms with Crippen LogP contribution in [0.5, 0.6) is 0 Å². The number of nitrogens with one attached hydrogen (secondary N) is 1. The predicted molar refractivity (Wildman–Crippen MR) is 101 cm³/mol. The molecule has 26 heavy (non-hydrogen) atoms. The van der Waals surface area contributed by atoms with Crippen LogP contribution in [-0.4, -0.2) is 58.8 Å². The average Bonchev–Trinajstić information content (AvgIpc) is 3.00. The third kappa shape index (κ3) is 2.85. The SMILES string of the molecule is Cc1nn(-c2ccccc2)c2ncc(C(=O)N3CC[NH+](C)CC3)c(Cl)c12. The molecule has 0 radical (unpaired) electrons. The number of aryl methyl sites for hydroxylation is 1. The number of carbonyl (C=O) groups is 1. The van der Waals surface area contributed by atoms with Gasteiger partial charge in [-0.05, 0) is 19.1 Å². The maximum Gasteiger partial charge on any atom is 0.257 e. The zero-order chi connectivity index (χ0) is 18.3. The molecule has 3 aromatic rings. The van der Waals surface area contributed by atoms with Crippen molar-refractivity contribution in [2.45, 2.75) is 6.92 Å². The van der Waals surface area contributed by atoms with Gasteiger partial charge in [-0.1, -0.05) is 29.8 Å². The van der Waals surface area contributed by atoms with E-state index in [1.807, 2.05) is 42.2 Å². The van der Waals surface area contributed by atoms with Crippen LogP contribution in [0.15, 0.2) is 36.5 Å². The first-order valence-corrected chi connectivity index (χ1v) is 9.14. The van der Waals surface area contributed by atoms with Crippen molar-refractivity contribution in [3.8, 4) is 5.69 Å². The lowest BCUT2D eigenvalue weighted by molar-refractivity contribution is -0.883. The summed E-state index contributed by atoms with van der Waals surface area (Å²) in [4.78, 5) is 20.8. The number of piperazine rings is 1. The number of halogens is 1. The van der Waals surface area contributed by atoms with E-state index >= 15 is 0 Å². The van der Waals surface area contributed by atoms with Crippen molar-refractivity contribution in [2.24, 2.45) is 0 Å². The van der Waals surface area contributed by atoms with E-state index in [4.69, 9.17) is 11.6 Å². The number of quaternary nitrogens is 1. The zero-order valence-corrected chi connectivity index (χ0v) is 15.6. The quantitative estimate of drug-likeness (QED) is 0.741. The Morgan fingerprint density at radius 2 is 1.88 bits per heavy atom. The Morgan fingerprint density at radius 3 is 2.58 bits per heavy atom. The molecule has 0 saturated carbocycles. The summed E-state index contributed by atoms with van der Waals surface area (Å²) in [7, 11) is 2.14. The Morgan fingerprint density at radius 1 is 1.19 bits per heavy atom. The number of aromatic nitrogens is 3. The molecule has 1 saturated heterocycles. The Kier molecular flexibility index (Phi) is 4.38. The number of para-hydroxylation sites is 1. The minimum atomic E-state index is -0.0521. The first-order valence-electron chi connectivity index (χ1n) is 8.76. The number of amides is 1. The molecular formula is C19H21ClN5O+. The first kappa shape index (κ1) is 17.0. The first-order chi connectivity index (χ1) is 12.6. The highest BCUT2D eigenvalue weighted by Crippen LogP contribution is 2.30. The van der Waals surface area contributed by atoms with Crippen molar-refractivity contribution >= 4 is 28.5 Å². The maximum absolute atomic E-state index is 12.9. The summed E-state index contributed by atoms with van der Waals surface area (Å²) in [5.74, 6) is -0.0521. The monoisotopic (exact) mass is 370 g/mol. The topological polar surface area (TPSA) is 55.5 Å². The number of benzene rings is 1. The fraction of sp³-hybridized carbons (Fsp3) is 0.316. The number of likely N-dealkylation sites (N-methyl/N-ethyl adjacent to an activating group) is 1. The number of pyridine rings is 1. The van der Waals surface area contributed by atoms with Crippen molar-refractivity contribution in [1.82, 2.24) is 19.7 Å². The Bertz CT molecular complexity index is 961. The zero-order valence-electron chi connectivity index (χ0n) is 14.9. The van der Waals surface area contributed by atoms with Gasteiger partial charge in [0.25, 0.3) is 5.91 Å². The minimum Gasteiger partial charge on any atom is -0.334 e. The van der Waals surface area contributed by atoms with Gasteiger partial charge in [-0.2, -0.15) is 5.10 Å². The molecule has 0 spiro atoms. The third-order valence-electron chi connectivity index (χ3n) is 4.94. The molecule has 1 amide bonds. The molecule has 0 unspecified atom stereocenters. The molecule has 0 aliphatic carbocycles. The van der Waals surface area contributed by atoms with Gasteiger partial charge in [-0.3, -0.25) is 4.79 Å². The molecule has 1 fully saturated rings. The molecule has 1 aliphatic heterocycles. The number of hydrogen-bond acceptors (Lipinski definition) is 3. The highest BCUT2D eigenvalue weighted by atomic mass is 35.5. The van der Waals surface area contributed by atoms with Gasteiger partial charge in [0.1, 0.15) is 0 Å². The van der Waals surface area contributed by atoms with Crippen molar-refractivity contribution in [3.63, 3.8) is 0 Å². The highest BCUT2D eigenvalue weighted by molar-refractivity contribution is 6.38. The molecule has 134 valence electrons. The van der Waals surface area contributed by atoms with Crippen LogP contribution < -0.4 is 4.90 Å². The highest BCUT2D eigenvalue weighted by Gasteiger charge is 2.26. The maximum atomic E-state index is 12.9. The number of rotatable bonds is 2. The van der Waals surface area contributed by atoms with Gasteiger partial charge in [-0.15, -0.1) is 0 Å². The summed E-state index contributed by atoms with van der Waals surface area (Å²) in [5, 5.41) is 5.76. The third-order valence-corrected chi connectivity index (χ3v) is 5.34. The van der Waals surface area contributed by atoms with Crippen LogP contribution in [0.25, 0.3) is 16.7 Å². The summed E-state index contributed by atoms with van der Waals surface area (Å²) in [6.07, 6.45) is 1.58. The molecule has 0 atom stereocenters. The van der Waals surface area contributed by atoms with Gasteiger partial charge in [0.05, 0.1) is 60.6 Å². The van der Waals surface area contributed by atoms with Crippen LogP contribution in [0, 0.1) is 6.92 Å². The molecule has 2 aromatic heterocycles. The molecule has 4 rings (SSSR count). The normalized spacial score (nSPS) is 15.6. The van der Waals surface area contributed by atoms with E-state index in [0.29, 0.717) is 16.2 Å². The summed E-state index contributed by atoms with van der Waals surface area (Å²) in [6.45, 7) is 5.26. The van der Waals surface area contributed by atoms with Gasteiger partial charge in [0, 0.05) is 6.20 Å². The van der Waals surface area contributed by atoms with Crippen LogP contribution in [0.3, 0.4) is 0 Å². The lowest BCUT2D eigenvalue weighted by Crippen LogP contribution is -3.12. The van der Waals surface area contributed by atoms with E-state index in [9.17, 15) is 4.79 Å². The van der Waals surface area contributed by atoms with Gasteiger partial charge >= 0.3 is 0 Å². The average molecular weight is 371 g/mol. The molecule has 3 heterocycles. The largest absolute Gasteiger partial charge is 0.334 e. The lowest BCUT2D eigenvalue weighted by atomic mass is 10.1. The number of fused-ring (bicyclic) bond motifs is 1. The standard InChI is InChI=1S/C19H20ClN5O/c1-13-16-17(20)15(19(26)24-10-8-23(2)9-11-24)12-21-18(16)25(22-13)14-6-4-3-5-7-14/h3-7,12H,8-11H2,1-2H3/p+1. The second-order valence-electron chi connectivity index (χ2n) is 6.77. The van der Waals surface area contributed by atoms with Crippen molar-refractivity contribution < 1.29 is 9.69 Å². The van der Waals surface area contributed by atoms with Crippen LogP contribution in [-0.2, 0) is 0 Å². The molecule has 1 aromatic carbocycles. The van der Waals surface area contributed by atoms with Crippen molar-refractivity contribution in [1.29, 1.82) is 0 Å². The van der Waals surface area contributed by atoms with Crippen LogP contribution in [0.4, 0.5) is 0 Å². The number of carbonyl (C=O) groups excluding carboxylic acids is 1. The van der Waals surface area contributed by atoms with E-state index in [2.05, 4.69) is 17.1 Å².